The van der Waals surface area contributed by atoms with E-state index in [9.17, 15) is 0 Å². The third kappa shape index (κ3) is 2.68. The zero-order valence-electron chi connectivity index (χ0n) is 8.30. The molecule has 0 aliphatic carbocycles. The van der Waals surface area contributed by atoms with Gasteiger partial charge >= 0.3 is 0 Å². The van der Waals surface area contributed by atoms with Crippen LogP contribution in [0.2, 0.25) is 5.02 Å². The molecule has 0 amide bonds. The summed E-state index contributed by atoms with van der Waals surface area (Å²) in [6, 6.07) is 7.00. The quantitative estimate of drug-likeness (QED) is 0.889. The van der Waals surface area contributed by atoms with Crippen LogP contribution in [0, 0.1) is 0 Å². The van der Waals surface area contributed by atoms with Gasteiger partial charge in [0.05, 0.1) is 24.7 Å². The van der Waals surface area contributed by atoms with E-state index in [0.29, 0.717) is 22.3 Å². The zero-order chi connectivity index (χ0) is 11.4. The van der Waals surface area contributed by atoms with Crippen molar-refractivity contribution in [1.82, 2.24) is 9.97 Å². The Morgan fingerprint density at radius 2 is 2.12 bits per heavy atom. The predicted octanol–water partition coefficient (Wildman–Crippen LogP) is 2.41. The first-order valence-corrected chi connectivity index (χ1v) is 5.01. The Hall–Kier alpha value is -1.65. The van der Waals surface area contributed by atoms with Crippen LogP contribution in [0.15, 0.2) is 36.7 Å². The van der Waals surface area contributed by atoms with Gasteiger partial charge in [0, 0.05) is 5.02 Å². The molecule has 0 fully saturated rings. The smallest absolute Gasteiger partial charge is 0.237 e. The molecule has 0 aliphatic rings. The molecular weight excluding hydrogens is 228 g/mol. The van der Waals surface area contributed by atoms with Crippen molar-refractivity contribution < 1.29 is 9.84 Å². The second-order valence-corrected chi connectivity index (χ2v) is 3.50. The number of rotatable bonds is 3. The van der Waals surface area contributed by atoms with Gasteiger partial charge in [-0.1, -0.05) is 17.7 Å². The lowest BCUT2D eigenvalue weighted by atomic mass is 10.3. The van der Waals surface area contributed by atoms with Crippen molar-refractivity contribution in [3.63, 3.8) is 0 Å². The number of aliphatic hydroxyl groups excluding tert-OH is 1. The van der Waals surface area contributed by atoms with E-state index in [1.807, 2.05) is 0 Å². The SMILES string of the molecule is OCc1cnc(Oc2cccc(Cl)c2)cn1. The van der Waals surface area contributed by atoms with Gasteiger partial charge in [-0.15, -0.1) is 0 Å². The lowest BCUT2D eigenvalue weighted by Crippen LogP contribution is -1.93. The van der Waals surface area contributed by atoms with Gasteiger partial charge in [-0.25, -0.2) is 4.98 Å². The monoisotopic (exact) mass is 236 g/mol. The van der Waals surface area contributed by atoms with E-state index in [4.69, 9.17) is 21.4 Å². The minimum absolute atomic E-state index is 0.134. The van der Waals surface area contributed by atoms with Crippen LogP contribution in [0.1, 0.15) is 5.69 Å². The number of aliphatic hydroxyl groups is 1. The molecule has 1 aromatic heterocycles. The molecule has 0 saturated carbocycles. The number of hydrogen-bond donors (Lipinski definition) is 1. The van der Waals surface area contributed by atoms with E-state index < -0.39 is 0 Å². The summed E-state index contributed by atoms with van der Waals surface area (Å²) in [4.78, 5) is 7.93. The first-order valence-electron chi connectivity index (χ1n) is 4.63. The first kappa shape index (κ1) is 10.9. The molecule has 0 bridgehead atoms. The standard InChI is InChI=1S/C11H9ClN2O2/c12-8-2-1-3-10(4-8)16-11-6-13-9(7-15)5-14-11/h1-6,15H,7H2. The Balaban J connectivity index is 2.14. The fourth-order valence-corrected chi connectivity index (χ4v) is 1.31. The van der Waals surface area contributed by atoms with Crippen LogP contribution < -0.4 is 4.74 Å². The van der Waals surface area contributed by atoms with Crippen LogP contribution in [-0.4, -0.2) is 15.1 Å². The molecule has 4 nitrogen and oxygen atoms in total. The molecule has 1 aromatic carbocycles. The number of nitrogens with zero attached hydrogens (tertiary/aromatic N) is 2. The van der Waals surface area contributed by atoms with Crippen molar-refractivity contribution in [2.24, 2.45) is 0 Å². The van der Waals surface area contributed by atoms with Crippen LogP contribution >= 0.6 is 11.6 Å². The molecular formula is C11H9ClN2O2. The predicted molar refractivity (Wildman–Crippen MR) is 59.5 cm³/mol. The molecule has 0 aliphatic heterocycles. The van der Waals surface area contributed by atoms with Crippen molar-refractivity contribution in [3.8, 4) is 11.6 Å². The summed E-state index contributed by atoms with van der Waals surface area (Å²) in [6.07, 6.45) is 2.91. The molecule has 0 unspecified atom stereocenters. The van der Waals surface area contributed by atoms with Crippen LogP contribution in [0.25, 0.3) is 0 Å². The van der Waals surface area contributed by atoms with Gasteiger partial charge in [0.1, 0.15) is 5.75 Å². The highest BCUT2D eigenvalue weighted by molar-refractivity contribution is 6.30. The summed E-state index contributed by atoms with van der Waals surface area (Å²) in [5.41, 5.74) is 0.499. The molecule has 2 aromatic rings. The number of halogens is 1. The van der Waals surface area contributed by atoms with Gasteiger partial charge in [-0.05, 0) is 18.2 Å². The Morgan fingerprint density at radius 1 is 1.25 bits per heavy atom. The van der Waals surface area contributed by atoms with E-state index in [2.05, 4.69) is 9.97 Å². The Morgan fingerprint density at radius 3 is 2.75 bits per heavy atom. The molecule has 0 spiro atoms. The van der Waals surface area contributed by atoms with E-state index in [0.717, 1.165) is 0 Å². The second-order valence-electron chi connectivity index (χ2n) is 3.06. The average Bonchev–Trinajstić information content (AvgIpc) is 2.30. The summed E-state index contributed by atoms with van der Waals surface area (Å²) in [6.45, 7) is -0.134. The lowest BCUT2D eigenvalue weighted by Gasteiger charge is -2.04. The van der Waals surface area contributed by atoms with E-state index in [-0.39, 0.29) is 6.61 Å². The fourth-order valence-electron chi connectivity index (χ4n) is 1.13. The molecule has 2 rings (SSSR count). The summed E-state index contributed by atoms with van der Waals surface area (Å²) in [5.74, 6) is 0.956. The largest absolute Gasteiger partial charge is 0.437 e. The Kier molecular flexibility index (Phi) is 3.34. The highest BCUT2D eigenvalue weighted by Gasteiger charge is 2.00. The molecule has 0 radical (unpaired) electrons. The number of benzene rings is 1. The van der Waals surface area contributed by atoms with Crippen molar-refractivity contribution in [1.29, 1.82) is 0 Å². The maximum absolute atomic E-state index is 8.79. The number of aromatic nitrogens is 2. The van der Waals surface area contributed by atoms with Gasteiger partial charge in [-0.3, -0.25) is 4.98 Å². The third-order valence-corrected chi connectivity index (χ3v) is 2.10. The molecule has 1 heterocycles. The summed E-state index contributed by atoms with van der Waals surface area (Å²) < 4.78 is 5.42. The average molecular weight is 237 g/mol. The van der Waals surface area contributed by atoms with Crippen molar-refractivity contribution >= 4 is 11.6 Å². The molecule has 82 valence electrons. The Labute approximate surface area is 97.5 Å². The minimum Gasteiger partial charge on any atom is -0.437 e. The van der Waals surface area contributed by atoms with Gasteiger partial charge in [-0.2, -0.15) is 0 Å². The van der Waals surface area contributed by atoms with E-state index in [1.54, 1.807) is 24.3 Å². The first-order chi connectivity index (χ1) is 7.78. The third-order valence-electron chi connectivity index (χ3n) is 1.86. The van der Waals surface area contributed by atoms with E-state index in [1.165, 1.54) is 12.4 Å². The minimum atomic E-state index is -0.134. The van der Waals surface area contributed by atoms with Gasteiger partial charge in [0.15, 0.2) is 0 Å². The molecule has 5 heteroatoms. The van der Waals surface area contributed by atoms with Crippen molar-refractivity contribution in [2.45, 2.75) is 6.61 Å². The van der Waals surface area contributed by atoms with Crippen molar-refractivity contribution in [3.05, 3.63) is 47.4 Å². The maximum atomic E-state index is 8.79. The lowest BCUT2D eigenvalue weighted by molar-refractivity contribution is 0.276. The molecule has 1 N–H and O–H groups in total. The second kappa shape index (κ2) is 4.92. The highest BCUT2D eigenvalue weighted by atomic mass is 35.5. The summed E-state index contributed by atoms with van der Waals surface area (Å²) >= 11 is 5.81. The number of hydrogen-bond acceptors (Lipinski definition) is 4. The zero-order valence-corrected chi connectivity index (χ0v) is 9.05. The molecule has 16 heavy (non-hydrogen) atoms. The maximum Gasteiger partial charge on any atom is 0.237 e. The topological polar surface area (TPSA) is 55.2 Å². The van der Waals surface area contributed by atoms with Crippen LogP contribution in [0.4, 0.5) is 0 Å². The van der Waals surface area contributed by atoms with Gasteiger partial charge in [0.25, 0.3) is 0 Å². The van der Waals surface area contributed by atoms with Crippen LogP contribution in [0.3, 0.4) is 0 Å². The summed E-state index contributed by atoms with van der Waals surface area (Å²) in [7, 11) is 0. The van der Waals surface area contributed by atoms with Crippen molar-refractivity contribution in [2.75, 3.05) is 0 Å². The van der Waals surface area contributed by atoms with Gasteiger partial charge < -0.3 is 9.84 Å². The Bertz CT molecular complexity index is 474. The normalized spacial score (nSPS) is 10.1. The van der Waals surface area contributed by atoms with Crippen LogP contribution in [-0.2, 0) is 6.61 Å². The highest BCUT2D eigenvalue weighted by Crippen LogP contribution is 2.21. The molecule has 0 atom stereocenters. The fraction of sp³-hybridized carbons (Fsp3) is 0.0909. The number of ether oxygens (including phenoxy) is 1. The van der Waals surface area contributed by atoms with Gasteiger partial charge in [0.2, 0.25) is 5.88 Å². The molecule has 0 saturated heterocycles. The van der Waals surface area contributed by atoms with Crippen LogP contribution in [0.5, 0.6) is 11.6 Å². The summed E-state index contributed by atoms with van der Waals surface area (Å²) in [5, 5.41) is 9.39. The van der Waals surface area contributed by atoms with E-state index >= 15 is 0 Å².